The predicted octanol–water partition coefficient (Wildman–Crippen LogP) is 3.43. The van der Waals surface area contributed by atoms with Crippen molar-refractivity contribution in [3.8, 4) is 5.75 Å². The van der Waals surface area contributed by atoms with Gasteiger partial charge in [0.1, 0.15) is 12.4 Å². The fourth-order valence-electron chi connectivity index (χ4n) is 4.03. The van der Waals surface area contributed by atoms with Crippen LogP contribution >= 0.6 is 11.3 Å². The van der Waals surface area contributed by atoms with E-state index < -0.39 is 12.0 Å². The Labute approximate surface area is 213 Å². The Balaban J connectivity index is 1.84. The second-order valence-electron chi connectivity index (χ2n) is 8.46. The quantitative estimate of drug-likeness (QED) is 0.348. The van der Waals surface area contributed by atoms with Crippen molar-refractivity contribution in [1.82, 2.24) is 4.57 Å². The van der Waals surface area contributed by atoms with E-state index in [0.29, 0.717) is 27.2 Å². The largest absolute Gasteiger partial charge is 0.490 e. The van der Waals surface area contributed by atoms with Crippen LogP contribution in [-0.4, -0.2) is 37.8 Å². The van der Waals surface area contributed by atoms with E-state index in [1.54, 1.807) is 24.5 Å². The smallest absolute Gasteiger partial charge is 0.338 e. The van der Waals surface area contributed by atoms with Crippen LogP contribution in [-0.2, 0) is 9.53 Å². The molecule has 1 aliphatic heterocycles. The van der Waals surface area contributed by atoms with Gasteiger partial charge in [-0.2, -0.15) is 0 Å². The summed E-state index contributed by atoms with van der Waals surface area (Å²) in [4.78, 5) is 33.9. The van der Waals surface area contributed by atoms with Crippen LogP contribution in [0.5, 0.6) is 5.75 Å². The van der Waals surface area contributed by atoms with Gasteiger partial charge in [-0.15, -0.1) is 0 Å². The third-order valence-electron chi connectivity index (χ3n) is 5.79. The van der Waals surface area contributed by atoms with Gasteiger partial charge in [-0.25, -0.2) is 9.79 Å². The second kappa shape index (κ2) is 10.8. The van der Waals surface area contributed by atoms with Crippen LogP contribution in [0.3, 0.4) is 0 Å². The van der Waals surface area contributed by atoms with E-state index in [1.807, 2.05) is 73.6 Å². The number of esters is 1. The summed E-state index contributed by atoms with van der Waals surface area (Å²) in [6.07, 6.45) is 3.52. The molecule has 0 amide bonds. The summed E-state index contributed by atoms with van der Waals surface area (Å²) in [6, 6.07) is 14.7. The first-order valence-corrected chi connectivity index (χ1v) is 12.5. The van der Waals surface area contributed by atoms with E-state index >= 15 is 0 Å². The number of anilines is 1. The van der Waals surface area contributed by atoms with E-state index in [0.717, 1.165) is 22.6 Å². The third-order valence-corrected chi connectivity index (χ3v) is 6.77. The molecule has 0 saturated heterocycles. The number of fused-ring (bicyclic) bond motifs is 1. The molecule has 0 N–H and O–H groups in total. The average Bonchev–Trinajstić information content (AvgIpc) is 3.17. The molecule has 1 aliphatic rings. The van der Waals surface area contributed by atoms with Gasteiger partial charge in [0.05, 0.1) is 28.5 Å². The van der Waals surface area contributed by atoms with Crippen LogP contribution in [0.1, 0.15) is 31.0 Å². The zero-order chi connectivity index (χ0) is 25.8. The van der Waals surface area contributed by atoms with Crippen LogP contribution < -0.4 is 24.5 Å². The van der Waals surface area contributed by atoms with Gasteiger partial charge in [0.2, 0.25) is 0 Å². The van der Waals surface area contributed by atoms with Gasteiger partial charge in [-0.1, -0.05) is 48.3 Å². The Bertz CT molecular complexity index is 1480. The molecular formula is C28H29N3O4S. The van der Waals surface area contributed by atoms with Crippen LogP contribution in [0.15, 0.2) is 82.2 Å². The molecule has 0 unspecified atom stereocenters. The maximum Gasteiger partial charge on any atom is 0.338 e. The van der Waals surface area contributed by atoms with Gasteiger partial charge in [-0.3, -0.25) is 9.36 Å². The Morgan fingerprint density at radius 2 is 1.86 bits per heavy atom. The standard InChI is InChI=1S/C28H29N3O4S/c1-6-16-35-22-14-8-19(9-15-22)17-23-26(32)31-25(20-10-12-21(13-11-20)30(4)5)24(27(33)34-7-2)18(3)29-28(31)36-23/h6,8-15,17,25H,1,7,16H2,2-5H3/b23-17-/t25-/m0/s1. The lowest BCUT2D eigenvalue weighted by Crippen LogP contribution is -2.39. The summed E-state index contributed by atoms with van der Waals surface area (Å²) in [7, 11) is 3.93. The van der Waals surface area contributed by atoms with E-state index in [9.17, 15) is 9.59 Å². The highest BCUT2D eigenvalue weighted by atomic mass is 32.1. The number of hydrogen-bond donors (Lipinski definition) is 0. The molecule has 4 rings (SSSR count). The first kappa shape index (κ1) is 25.2. The zero-order valence-corrected chi connectivity index (χ0v) is 21.7. The molecule has 0 spiro atoms. The van der Waals surface area contributed by atoms with Crippen molar-refractivity contribution < 1.29 is 14.3 Å². The second-order valence-corrected chi connectivity index (χ2v) is 9.47. The van der Waals surface area contributed by atoms with Crippen molar-refractivity contribution in [3.63, 3.8) is 0 Å². The number of ether oxygens (including phenoxy) is 2. The molecule has 0 saturated carbocycles. The van der Waals surface area contributed by atoms with Gasteiger partial charge >= 0.3 is 5.97 Å². The summed E-state index contributed by atoms with van der Waals surface area (Å²) in [5, 5.41) is 0. The van der Waals surface area contributed by atoms with Crippen molar-refractivity contribution >= 4 is 29.1 Å². The van der Waals surface area contributed by atoms with Crippen molar-refractivity contribution in [2.75, 3.05) is 32.2 Å². The zero-order valence-electron chi connectivity index (χ0n) is 20.9. The summed E-state index contributed by atoms with van der Waals surface area (Å²) < 4.78 is 13.0. The summed E-state index contributed by atoms with van der Waals surface area (Å²) in [5.74, 6) is 0.259. The van der Waals surface area contributed by atoms with Gasteiger partial charge in [0.25, 0.3) is 5.56 Å². The molecule has 7 nitrogen and oxygen atoms in total. The van der Waals surface area contributed by atoms with E-state index in [2.05, 4.69) is 11.6 Å². The molecule has 0 bridgehead atoms. The van der Waals surface area contributed by atoms with Crippen molar-refractivity contribution in [2.45, 2.75) is 19.9 Å². The van der Waals surface area contributed by atoms with Gasteiger partial charge in [0.15, 0.2) is 4.80 Å². The Morgan fingerprint density at radius 1 is 1.17 bits per heavy atom. The van der Waals surface area contributed by atoms with E-state index in [4.69, 9.17) is 9.47 Å². The SMILES string of the molecule is C=CCOc1ccc(/C=c2\sc3n(c2=O)[C@@H](c2ccc(N(C)C)cc2)C(C(=O)OCC)=C(C)N=3)cc1. The molecule has 186 valence electrons. The van der Waals surface area contributed by atoms with Crippen molar-refractivity contribution in [2.24, 2.45) is 4.99 Å². The molecular weight excluding hydrogens is 474 g/mol. The first-order valence-electron chi connectivity index (χ1n) is 11.6. The van der Waals surface area contributed by atoms with Crippen molar-refractivity contribution in [3.05, 3.63) is 103 Å². The number of benzene rings is 2. The van der Waals surface area contributed by atoms with Gasteiger partial charge in [-0.05, 0) is 55.3 Å². The first-order chi connectivity index (χ1) is 17.3. The lowest BCUT2D eigenvalue weighted by molar-refractivity contribution is -0.139. The molecule has 1 aromatic heterocycles. The van der Waals surface area contributed by atoms with Crippen LogP contribution in [0, 0.1) is 0 Å². The fourth-order valence-corrected chi connectivity index (χ4v) is 5.08. The Morgan fingerprint density at radius 3 is 2.47 bits per heavy atom. The van der Waals surface area contributed by atoms with Crippen molar-refractivity contribution in [1.29, 1.82) is 0 Å². The average molecular weight is 504 g/mol. The number of thiazole rings is 1. The van der Waals surface area contributed by atoms with Gasteiger partial charge in [0, 0.05) is 19.8 Å². The minimum Gasteiger partial charge on any atom is -0.490 e. The Hall–Kier alpha value is -3.91. The number of carbonyl (C=O) groups excluding carboxylic acids is 1. The molecule has 1 atom stereocenters. The number of allylic oxidation sites excluding steroid dienone is 1. The van der Waals surface area contributed by atoms with E-state index in [1.165, 1.54) is 11.3 Å². The monoisotopic (exact) mass is 503 g/mol. The third kappa shape index (κ3) is 5.04. The summed E-state index contributed by atoms with van der Waals surface area (Å²) in [5.41, 5.74) is 3.41. The van der Waals surface area contributed by atoms with Crippen LogP contribution in [0.2, 0.25) is 0 Å². The molecule has 8 heteroatoms. The molecule has 36 heavy (non-hydrogen) atoms. The topological polar surface area (TPSA) is 73.1 Å². The lowest BCUT2D eigenvalue weighted by Gasteiger charge is -2.25. The molecule has 0 radical (unpaired) electrons. The molecule has 2 aromatic carbocycles. The number of rotatable bonds is 8. The fraction of sp³-hybridized carbons (Fsp3) is 0.250. The number of aromatic nitrogens is 1. The summed E-state index contributed by atoms with van der Waals surface area (Å²) in [6.45, 7) is 7.86. The lowest BCUT2D eigenvalue weighted by atomic mass is 9.95. The van der Waals surface area contributed by atoms with Gasteiger partial charge < -0.3 is 14.4 Å². The number of carbonyl (C=O) groups is 1. The molecule has 0 aliphatic carbocycles. The maximum absolute atomic E-state index is 13.7. The highest BCUT2D eigenvalue weighted by molar-refractivity contribution is 7.07. The molecule has 2 heterocycles. The highest BCUT2D eigenvalue weighted by Gasteiger charge is 2.33. The number of hydrogen-bond acceptors (Lipinski definition) is 7. The minimum atomic E-state index is -0.631. The van der Waals surface area contributed by atoms with E-state index in [-0.39, 0.29) is 12.2 Å². The maximum atomic E-state index is 13.7. The summed E-state index contributed by atoms with van der Waals surface area (Å²) >= 11 is 1.30. The van der Waals surface area contributed by atoms with Crippen LogP contribution in [0.4, 0.5) is 5.69 Å². The predicted molar refractivity (Wildman–Crippen MR) is 143 cm³/mol. The Kier molecular flexibility index (Phi) is 7.55. The molecule has 3 aromatic rings. The number of nitrogens with zero attached hydrogens (tertiary/aromatic N) is 3. The minimum absolute atomic E-state index is 0.207. The normalized spacial score (nSPS) is 15.2. The van der Waals surface area contributed by atoms with Crippen LogP contribution in [0.25, 0.3) is 6.08 Å². The molecule has 0 fully saturated rings. The highest BCUT2D eigenvalue weighted by Crippen LogP contribution is 2.31.